The summed E-state index contributed by atoms with van der Waals surface area (Å²) < 4.78 is 4.51. The summed E-state index contributed by atoms with van der Waals surface area (Å²) in [7, 11) is 1.36. The van der Waals surface area contributed by atoms with Crippen LogP contribution in [0.4, 0.5) is 0 Å². The number of fused-ring (bicyclic) bond motifs is 1. The van der Waals surface area contributed by atoms with E-state index in [4.69, 9.17) is 4.74 Å². The highest BCUT2D eigenvalue weighted by molar-refractivity contribution is 8.01. The molecule has 5 heteroatoms. The Hall–Kier alpha value is -0.970. The minimum Gasteiger partial charge on any atom is -0.467 e. The maximum atomic E-state index is 12.0. The lowest BCUT2D eigenvalue weighted by Gasteiger charge is -2.43. The van der Waals surface area contributed by atoms with Gasteiger partial charge in [-0.1, -0.05) is 6.08 Å². The van der Waals surface area contributed by atoms with E-state index >= 15 is 0 Å². The van der Waals surface area contributed by atoms with Gasteiger partial charge in [-0.15, -0.1) is 18.3 Å². The smallest absolute Gasteiger partial charge is 0.330 e. The number of amides is 1. The van der Waals surface area contributed by atoms with Gasteiger partial charge < -0.3 is 9.64 Å². The van der Waals surface area contributed by atoms with Crippen LogP contribution < -0.4 is 0 Å². The Labute approximate surface area is 105 Å². The van der Waals surface area contributed by atoms with Crippen molar-refractivity contribution in [3.05, 3.63) is 12.7 Å². The quantitative estimate of drug-likeness (QED) is 0.434. The number of ether oxygens (including phenoxy) is 1. The first-order valence-corrected chi connectivity index (χ1v) is 6.50. The van der Waals surface area contributed by atoms with Crippen LogP contribution in [0.5, 0.6) is 0 Å². The van der Waals surface area contributed by atoms with Crippen LogP contribution in [0.15, 0.2) is 12.7 Å². The number of thioether (sulfide) groups is 1. The summed E-state index contributed by atoms with van der Waals surface area (Å²) in [6.45, 7) is 7.63. The molecule has 0 saturated carbocycles. The first kappa shape index (κ1) is 12.5. The summed E-state index contributed by atoms with van der Waals surface area (Å²) in [6, 6.07) is -0.462. The molecular formula is C12H17NO3S. The first-order chi connectivity index (χ1) is 7.94. The number of carbonyl (C=O) groups is 2. The molecule has 3 atom stereocenters. The van der Waals surface area contributed by atoms with Crippen molar-refractivity contribution in [1.82, 2.24) is 4.90 Å². The van der Waals surface area contributed by atoms with Gasteiger partial charge in [0, 0.05) is 4.75 Å². The molecule has 0 N–H and O–H groups in total. The molecule has 2 rings (SSSR count). The van der Waals surface area contributed by atoms with E-state index in [1.807, 2.05) is 13.8 Å². The fraction of sp³-hybridized carbons (Fsp3) is 0.667. The predicted octanol–water partition coefficient (Wildman–Crippen LogP) is 1.41. The lowest BCUT2D eigenvalue weighted by atomic mass is 9.89. The van der Waals surface area contributed by atoms with E-state index in [2.05, 4.69) is 6.58 Å². The highest BCUT2D eigenvalue weighted by atomic mass is 32.2. The standard InChI is InChI=1S/C12H17NO3S/c1-5-6-7-9(14)13-8(11(15)16-4)12(2,3)17-10(7)13/h5,7-8,10H,1,6H2,2-4H3/t7-,8-,10+/m0/s1. The molecule has 2 aliphatic heterocycles. The normalized spacial score (nSPS) is 33.9. The predicted molar refractivity (Wildman–Crippen MR) is 66.4 cm³/mol. The maximum Gasteiger partial charge on any atom is 0.330 e. The second-order valence-electron chi connectivity index (χ2n) is 4.91. The van der Waals surface area contributed by atoms with Crippen LogP contribution in [0.25, 0.3) is 0 Å². The van der Waals surface area contributed by atoms with Gasteiger partial charge in [0.2, 0.25) is 5.91 Å². The number of methoxy groups -OCH3 is 1. The molecule has 0 spiro atoms. The number of nitrogens with zero attached hydrogens (tertiary/aromatic N) is 1. The van der Waals surface area contributed by atoms with Gasteiger partial charge in [0.25, 0.3) is 0 Å². The van der Waals surface area contributed by atoms with Gasteiger partial charge in [-0.25, -0.2) is 4.79 Å². The van der Waals surface area contributed by atoms with Gasteiger partial charge in [0.1, 0.15) is 6.04 Å². The van der Waals surface area contributed by atoms with Crippen molar-refractivity contribution in [2.75, 3.05) is 7.11 Å². The molecule has 0 aromatic carbocycles. The van der Waals surface area contributed by atoms with Crippen molar-refractivity contribution in [2.24, 2.45) is 5.92 Å². The second kappa shape index (κ2) is 4.05. The zero-order chi connectivity index (χ0) is 12.8. The summed E-state index contributed by atoms with van der Waals surface area (Å²) in [6.07, 6.45) is 2.44. The van der Waals surface area contributed by atoms with Gasteiger partial charge in [-0.05, 0) is 20.3 Å². The third-order valence-corrected chi connectivity index (χ3v) is 5.02. The highest BCUT2D eigenvalue weighted by Gasteiger charge is 2.63. The SMILES string of the molecule is C=CC[C@H]1C(=O)N2[C@@H]1SC(C)(C)[C@@H]2C(=O)OC. The van der Waals surface area contributed by atoms with E-state index in [-0.39, 0.29) is 27.9 Å². The largest absolute Gasteiger partial charge is 0.467 e. The van der Waals surface area contributed by atoms with Crippen LogP contribution in [0.1, 0.15) is 20.3 Å². The Kier molecular flexibility index (Phi) is 2.97. The first-order valence-electron chi connectivity index (χ1n) is 5.62. The van der Waals surface area contributed by atoms with E-state index in [0.717, 1.165) is 0 Å². The van der Waals surface area contributed by atoms with Crippen molar-refractivity contribution in [2.45, 2.75) is 36.4 Å². The summed E-state index contributed by atoms with van der Waals surface area (Å²) in [5, 5.41) is 0.0969. The minimum atomic E-state index is -0.462. The Morgan fingerprint density at radius 2 is 2.29 bits per heavy atom. The lowest BCUT2D eigenvalue weighted by molar-refractivity contribution is -0.164. The number of hydrogen-bond donors (Lipinski definition) is 0. The molecule has 0 unspecified atom stereocenters. The van der Waals surface area contributed by atoms with Crippen LogP contribution in [-0.2, 0) is 14.3 Å². The van der Waals surface area contributed by atoms with Crippen LogP contribution in [0.3, 0.4) is 0 Å². The zero-order valence-corrected chi connectivity index (χ0v) is 11.1. The van der Waals surface area contributed by atoms with Gasteiger partial charge in [-0.2, -0.15) is 0 Å². The van der Waals surface area contributed by atoms with Crippen molar-refractivity contribution in [3.8, 4) is 0 Å². The summed E-state index contributed by atoms with van der Waals surface area (Å²) in [4.78, 5) is 25.5. The van der Waals surface area contributed by atoms with E-state index in [1.54, 1.807) is 22.7 Å². The molecule has 4 nitrogen and oxygen atoms in total. The molecule has 0 aliphatic carbocycles. The molecule has 94 valence electrons. The number of allylic oxidation sites excluding steroid dienone is 1. The average Bonchev–Trinajstić information content (AvgIpc) is 2.54. The molecular weight excluding hydrogens is 238 g/mol. The van der Waals surface area contributed by atoms with E-state index in [9.17, 15) is 9.59 Å². The maximum absolute atomic E-state index is 12.0. The van der Waals surface area contributed by atoms with Crippen molar-refractivity contribution in [1.29, 1.82) is 0 Å². The van der Waals surface area contributed by atoms with Crippen molar-refractivity contribution < 1.29 is 14.3 Å². The second-order valence-corrected chi connectivity index (χ2v) is 6.68. The van der Waals surface area contributed by atoms with Crippen LogP contribution in [0, 0.1) is 5.92 Å². The minimum absolute atomic E-state index is 0.0218. The highest BCUT2D eigenvalue weighted by Crippen LogP contribution is 2.54. The number of esters is 1. The molecule has 0 aromatic rings. The fourth-order valence-corrected chi connectivity index (χ4v) is 4.27. The molecule has 17 heavy (non-hydrogen) atoms. The monoisotopic (exact) mass is 255 g/mol. The zero-order valence-electron chi connectivity index (χ0n) is 10.3. The number of rotatable bonds is 3. The van der Waals surface area contributed by atoms with Gasteiger partial charge in [0.15, 0.2) is 0 Å². The number of carbonyl (C=O) groups excluding carboxylic acids is 2. The van der Waals surface area contributed by atoms with Gasteiger partial charge >= 0.3 is 5.97 Å². The van der Waals surface area contributed by atoms with Gasteiger partial charge in [-0.3, -0.25) is 4.79 Å². The van der Waals surface area contributed by atoms with E-state index in [1.165, 1.54) is 7.11 Å². The van der Waals surface area contributed by atoms with Gasteiger partial charge in [0.05, 0.1) is 18.4 Å². The Bertz CT molecular complexity index is 380. The molecule has 2 aliphatic rings. The van der Waals surface area contributed by atoms with Crippen molar-refractivity contribution >= 4 is 23.6 Å². The summed E-state index contributed by atoms with van der Waals surface area (Å²) in [5.41, 5.74) is 0. The third-order valence-electron chi connectivity index (χ3n) is 3.40. The average molecular weight is 255 g/mol. The van der Waals surface area contributed by atoms with E-state index in [0.29, 0.717) is 6.42 Å². The summed E-state index contributed by atoms with van der Waals surface area (Å²) >= 11 is 1.68. The van der Waals surface area contributed by atoms with Crippen LogP contribution >= 0.6 is 11.8 Å². The number of β-lactam (4-membered cyclic amide) rings is 1. The topological polar surface area (TPSA) is 46.6 Å². The van der Waals surface area contributed by atoms with Crippen LogP contribution in [0.2, 0.25) is 0 Å². The molecule has 0 radical (unpaired) electrons. The molecule has 2 heterocycles. The van der Waals surface area contributed by atoms with E-state index < -0.39 is 6.04 Å². The van der Waals surface area contributed by atoms with Crippen LogP contribution in [-0.4, -0.2) is 40.0 Å². The molecule has 0 aromatic heterocycles. The summed E-state index contributed by atoms with van der Waals surface area (Å²) in [5.74, 6) is -0.301. The molecule has 2 fully saturated rings. The lowest BCUT2D eigenvalue weighted by Crippen LogP contribution is -2.62. The number of hydrogen-bond acceptors (Lipinski definition) is 4. The molecule has 0 bridgehead atoms. The fourth-order valence-electron chi connectivity index (χ4n) is 2.58. The molecule has 2 saturated heterocycles. The van der Waals surface area contributed by atoms with Crippen molar-refractivity contribution in [3.63, 3.8) is 0 Å². The Balaban J connectivity index is 2.23. The Morgan fingerprint density at radius 3 is 2.82 bits per heavy atom. The Morgan fingerprint density at radius 1 is 1.65 bits per heavy atom. The third kappa shape index (κ3) is 1.68. The molecule has 1 amide bonds.